The second-order valence-electron chi connectivity index (χ2n) is 4.44. The summed E-state index contributed by atoms with van der Waals surface area (Å²) in [5.74, 6) is 0.371. The highest BCUT2D eigenvalue weighted by molar-refractivity contribution is 5.66. The van der Waals surface area contributed by atoms with Crippen LogP contribution in [-0.4, -0.2) is 27.6 Å². The average Bonchev–Trinajstić information content (AvgIpc) is 2.25. The first-order chi connectivity index (χ1) is 8.08. The first kappa shape index (κ1) is 13.4. The maximum Gasteiger partial charge on any atom is 0.303 e. The van der Waals surface area contributed by atoms with Crippen molar-refractivity contribution in [3.05, 3.63) is 18.0 Å². The van der Waals surface area contributed by atoms with Crippen LogP contribution in [0.5, 0.6) is 0 Å². The molecule has 94 valence electrons. The van der Waals surface area contributed by atoms with Crippen molar-refractivity contribution in [3.8, 4) is 0 Å². The molecule has 5 nitrogen and oxygen atoms in total. The molecule has 0 bridgehead atoms. The highest BCUT2D eigenvalue weighted by Gasteiger charge is 2.01. The SMILES string of the molecule is CC(C)Cc1cnc(NCCCC(=O)O)nc1. The monoisotopic (exact) mass is 237 g/mol. The Morgan fingerprint density at radius 2 is 2.06 bits per heavy atom. The molecule has 2 N–H and O–H groups in total. The summed E-state index contributed by atoms with van der Waals surface area (Å²) in [5.41, 5.74) is 1.12. The Balaban J connectivity index is 2.32. The van der Waals surface area contributed by atoms with E-state index in [1.807, 2.05) is 12.4 Å². The minimum absolute atomic E-state index is 0.165. The normalized spacial score (nSPS) is 10.5. The second-order valence-corrected chi connectivity index (χ2v) is 4.44. The second kappa shape index (κ2) is 6.83. The van der Waals surface area contributed by atoms with Gasteiger partial charge in [-0.05, 0) is 24.3 Å². The Hall–Kier alpha value is -1.65. The van der Waals surface area contributed by atoms with Gasteiger partial charge in [0, 0.05) is 25.4 Å². The van der Waals surface area contributed by atoms with Crippen molar-refractivity contribution >= 4 is 11.9 Å². The van der Waals surface area contributed by atoms with Gasteiger partial charge in [0.1, 0.15) is 0 Å². The van der Waals surface area contributed by atoms with Crippen molar-refractivity contribution in [2.75, 3.05) is 11.9 Å². The van der Waals surface area contributed by atoms with Gasteiger partial charge in [-0.15, -0.1) is 0 Å². The van der Waals surface area contributed by atoms with Crippen LogP contribution in [0.25, 0.3) is 0 Å². The number of hydrogen-bond donors (Lipinski definition) is 2. The van der Waals surface area contributed by atoms with Gasteiger partial charge in [0.25, 0.3) is 0 Å². The van der Waals surface area contributed by atoms with Crippen LogP contribution in [-0.2, 0) is 11.2 Å². The lowest BCUT2D eigenvalue weighted by molar-refractivity contribution is -0.137. The van der Waals surface area contributed by atoms with Crippen molar-refractivity contribution < 1.29 is 9.90 Å². The number of aromatic nitrogens is 2. The van der Waals surface area contributed by atoms with Crippen molar-refractivity contribution in [2.45, 2.75) is 33.1 Å². The Bertz CT molecular complexity index is 349. The molecule has 5 heteroatoms. The maximum absolute atomic E-state index is 10.3. The van der Waals surface area contributed by atoms with Gasteiger partial charge in [-0.3, -0.25) is 4.79 Å². The van der Waals surface area contributed by atoms with Gasteiger partial charge < -0.3 is 10.4 Å². The van der Waals surface area contributed by atoms with E-state index in [1.54, 1.807) is 0 Å². The van der Waals surface area contributed by atoms with Crippen LogP contribution >= 0.6 is 0 Å². The molecule has 1 aromatic rings. The Labute approximate surface area is 101 Å². The Morgan fingerprint density at radius 3 is 2.59 bits per heavy atom. The van der Waals surface area contributed by atoms with Gasteiger partial charge in [0.15, 0.2) is 0 Å². The molecule has 0 saturated heterocycles. The first-order valence-corrected chi connectivity index (χ1v) is 5.84. The lowest BCUT2D eigenvalue weighted by atomic mass is 10.1. The summed E-state index contributed by atoms with van der Waals surface area (Å²) in [4.78, 5) is 18.7. The molecule has 1 heterocycles. The van der Waals surface area contributed by atoms with E-state index in [0.29, 0.717) is 24.8 Å². The lowest BCUT2D eigenvalue weighted by Gasteiger charge is -2.06. The molecule has 17 heavy (non-hydrogen) atoms. The highest BCUT2D eigenvalue weighted by atomic mass is 16.4. The standard InChI is InChI=1S/C12H19N3O2/c1-9(2)6-10-7-14-12(15-8-10)13-5-3-4-11(16)17/h7-9H,3-6H2,1-2H3,(H,16,17)(H,13,14,15). The number of nitrogens with one attached hydrogen (secondary N) is 1. The maximum atomic E-state index is 10.3. The zero-order valence-electron chi connectivity index (χ0n) is 10.3. The van der Waals surface area contributed by atoms with Crippen LogP contribution in [0.2, 0.25) is 0 Å². The van der Waals surface area contributed by atoms with E-state index < -0.39 is 5.97 Å². The van der Waals surface area contributed by atoms with Crippen molar-refractivity contribution in [2.24, 2.45) is 5.92 Å². The van der Waals surface area contributed by atoms with Crippen LogP contribution in [0.4, 0.5) is 5.95 Å². The molecule has 0 aliphatic carbocycles. The van der Waals surface area contributed by atoms with Crippen molar-refractivity contribution in [1.29, 1.82) is 0 Å². The number of carboxylic acids is 1. The van der Waals surface area contributed by atoms with Crippen LogP contribution in [0.15, 0.2) is 12.4 Å². The molecule has 0 amide bonds. The summed E-state index contributed by atoms with van der Waals surface area (Å²) in [6.45, 7) is 4.88. The van der Waals surface area contributed by atoms with Crippen LogP contribution in [0.1, 0.15) is 32.3 Å². The van der Waals surface area contributed by atoms with Gasteiger partial charge in [-0.2, -0.15) is 0 Å². The molecule has 0 spiro atoms. The average molecular weight is 237 g/mol. The molecule has 0 atom stereocenters. The number of anilines is 1. The largest absolute Gasteiger partial charge is 0.481 e. The van der Waals surface area contributed by atoms with E-state index in [4.69, 9.17) is 5.11 Å². The smallest absolute Gasteiger partial charge is 0.303 e. The summed E-state index contributed by atoms with van der Waals surface area (Å²) in [5, 5.41) is 11.5. The van der Waals surface area contributed by atoms with Gasteiger partial charge >= 0.3 is 5.97 Å². The molecule has 0 radical (unpaired) electrons. The molecule has 0 aliphatic heterocycles. The number of nitrogens with zero attached hydrogens (tertiary/aromatic N) is 2. The van der Waals surface area contributed by atoms with Crippen LogP contribution in [0, 0.1) is 5.92 Å². The van der Waals surface area contributed by atoms with E-state index in [-0.39, 0.29) is 6.42 Å². The van der Waals surface area contributed by atoms with E-state index >= 15 is 0 Å². The minimum Gasteiger partial charge on any atom is -0.481 e. The Morgan fingerprint density at radius 1 is 1.41 bits per heavy atom. The predicted molar refractivity (Wildman–Crippen MR) is 65.9 cm³/mol. The number of hydrogen-bond acceptors (Lipinski definition) is 4. The molecule has 0 aromatic carbocycles. The lowest BCUT2D eigenvalue weighted by Crippen LogP contribution is -2.08. The summed E-state index contributed by atoms with van der Waals surface area (Å²) < 4.78 is 0. The molecule has 1 rings (SSSR count). The topological polar surface area (TPSA) is 75.1 Å². The van der Waals surface area contributed by atoms with E-state index in [1.165, 1.54) is 0 Å². The van der Waals surface area contributed by atoms with Crippen molar-refractivity contribution in [1.82, 2.24) is 9.97 Å². The summed E-state index contributed by atoms with van der Waals surface area (Å²) >= 11 is 0. The van der Waals surface area contributed by atoms with E-state index in [0.717, 1.165) is 12.0 Å². The fraction of sp³-hybridized carbons (Fsp3) is 0.583. The molecule has 0 fully saturated rings. The van der Waals surface area contributed by atoms with Crippen molar-refractivity contribution in [3.63, 3.8) is 0 Å². The minimum atomic E-state index is -0.778. The first-order valence-electron chi connectivity index (χ1n) is 5.84. The fourth-order valence-electron chi connectivity index (χ4n) is 1.46. The molecule has 1 aromatic heterocycles. The number of rotatable bonds is 7. The third-order valence-electron chi connectivity index (χ3n) is 2.20. The van der Waals surface area contributed by atoms with Gasteiger partial charge in [-0.1, -0.05) is 13.8 Å². The molecular weight excluding hydrogens is 218 g/mol. The molecule has 0 unspecified atom stereocenters. The summed E-state index contributed by atoms with van der Waals surface area (Å²) in [6.07, 6.45) is 5.34. The van der Waals surface area contributed by atoms with E-state index in [9.17, 15) is 4.79 Å². The fourth-order valence-corrected chi connectivity index (χ4v) is 1.46. The predicted octanol–water partition coefficient (Wildman–Crippen LogP) is 1.95. The molecule has 0 aliphatic rings. The van der Waals surface area contributed by atoms with E-state index in [2.05, 4.69) is 29.1 Å². The third kappa shape index (κ3) is 5.85. The highest BCUT2D eigenvalue weighted by Crippen LogP contribution is 2.07. The molecular formula is C12H19N3O2. The summed E-state index contributed by atoms with van der Waals surface area (Å²) in [7, 11) is 0. The Kier molecular flexibility index (Phi) is 5.39. The van der Waals surface area contributed by atoms with Crippen LogP contribution in [0.3, 0.4) is 0 Å². The number of carboxylic acid groups (broad SMARTS) is 1. The number of aliphatic carboxylic acids is 1. The van der Waals surface area contributed by atoms with Crippen LogP contribution < -0.4 is 5.32 Å². The third-order valence-corrected chi connectivity index (χ3v) is 2.20. The summed E-state index contributed by atoms with van der Waals surface area (Å²) in [6, 6.07) is 0. The number of carbonyl (C=O) groups is 1. The molecule has 0 saturated carbocycles. The van der Waals surface area contributed by atoms with Gasteiger partial charge in [-0.25, -0.2) is 9.97 Å². The van der Waals surface area contributed by atoms with Gasteiger partial charge in [0.05, 0.1) is 0 Å². The zero-order chi connectivity index (χ0) is 12.7. The zero-order valence-corrected chi connectivity index (χ0v) is 10.3. The quantitative estimate of drug-likeness (QED) is 0.709. The van der Waals surface area contributed by atoms with Gasteiger partial charge in [0.2, 0.25) is 5.95 Å².